The summed E-state index contributed by atoms with van der Waals surface area (Å²) in [6.07, 6.45) is 3.49. The number of para-hydroxylation sites is 1. The zero-order chi connectivity index (χ0) is 17.9. The third-order valence-electron chi connectivity index (χ3n) is 4.12. The number of halogens is 1. The van der Waals surface area contributed by atoms with Crippen LogP contribution in [0.3, 0.4) is 0 Å². The van der Waals surface area contributed by atoms with Crippen molar-refractivity contribution in [1.29, 1.82) is 0 Å². The molecule has 2 aromatic carbocycles. The third kappa shape index (κ3) is 3.62. The number of nitrogens with zero attached hydrogens (tertiary/aromatic N) is 3. The van der Waals surface area contributed by atoms with E-state index in [1.165, 1.54) is 24.2 Å². The van der Waals surface area contributed by atoms with Crippen molar-refractivity contribution in [3.8, 4) is 5.69 Å². The van der Waals surface area contributed by atoms with Crippen molar-refractivity contribution in [1.82, 2.24) is 20.1 Å². The summed E-state index contributed by atoms with van der Waals surface area (Å²) in [5.41, 5.74) is 1.23. The highest BCUT2D eigenvalue weighted by Crippen LogP contribution is 2.36. The second kappa shape index (κ2) is 7.29. The van der Waals surface area contributed by atoms with E-state index in [4.69, 9.17) is 0 Å². The normalized spacial score (nSPS) is 14.8. The molecule has 4 rings (SSSR count). The number of rotatable bonds is 6. The maximum Gasteiger partial charge on any atom is 0.238 e. The lowest BCUT2D eigenvalue weighted by Gasteiger charge is -2.17. The molecular weight excluding hydrogens is 351 g/mol. The fourth-order valence-corrected chi connectivity index (χ4v) is 3.66. The molecule has 3 aromatic rings. The first-order valence-corrected chi connectivity index (χ1v) is 9.27. The van der Waals surface area contributed by atoms with Gasteiger partial charge in [0.15, 0.2) is 5.16 Å². The number of hydrogen-bond donors (Lipinski definition) is 1. The van der Waals surface area contributed by atoms with Gasteiger partial charge in [0, 0.05) is 6.04 Å². The lowest BCUT2D eigenvalue weighted by atomic mass is 10.1. The Hall–Kier alpha value is -2.67. The smallest absolute Gasteiger partial charge is 0.238 e. The number of thioether (sulfide) groups is 1. The average molecular weight is 368 g/mol. The van der Waals surface area contributed by atoms with Crippen LogP contribution in [0, 0.1) is 5.82 Å². The molecule has 1 N–H and O–H groups in total. The van der Waals surface area contributed by atoms with Gasteiger partial charge in [-0.3, -0.25) is 9.36 Å². The second-order valence-corrected chi connectivity index (χ2v) is 7.20. The molecule has 0 saturated heterocycles. The van der Waals surface area contributed by atoms with Crippen molar-refractivity contribution in [2.24, 2.45) is 0 Å². The van der Waals surface area contributed by atoms with Crippen LogP contribution in [0.2, 0.25) is 0 Å². The standard InChI is InChI=1S/C19H17FN4OS/c20-15-8-4-5-9-16(15)24-12-21-23-19(24)26-17(13-6-2-1-3-7-13)18(25)22-14-10-11-14/h1-9,12,14,17H,10-11H2,(H,22,25). The van der Waals surface area contributed by atoms with Gasteiger partial charge in [-0.15, -0.1) is 10.2 Å². The first-order chi connectivity index (χ1) is 12.7. The Morgan fingerprint density at radius 2 is 1.88 bits per heavy atom. The van der Waals surface area contributed by atoms with E-state index in [0.717, 1.165) is 18.4 Å². The Balaban J connectivity index is 1.65. The second-order valence-electron chi connectivity index (χ2n) is 6.13. The molecular formula is C19H17FN4OS. The summed E-state index contributed by atoms with van der Waals surface area (Å²) < 4.78 is 15.7. The number of amides is 1. The fraction of sp³-hybridized carbons (Fsp3) is 0.211. The molecule has 1 fully saturated rings. The Morgan fingerprint density at radius 3 is 2.62 bits per heavy atom. The minimum absolute atomic E-state index is 0.0632. The van der Waals surface area contributed by atoms with Crippen LogP contribution in [0.4, 0.5) is 4.39 Å². The molecule has 0 aliphatic heterocycles. The van der Waals surface area contributed by atoms with E-state index in [-0.39, 0.29) is 17.8 Å². The molecule has 1 amide bonds. The van der Waals surface area contributed by atoms with Crippen molar-refractivity contribution in [3.63, 3.8) is 0 Å². The zero-order valence-electron chi connectivity index (χ0n) is 13.9. The number of nitrogens with one attached hydrogen (secondary N) is 1. The van der Waals surface area contributed by atoms with Gasteiger partial charge in [0.25, 0.3) is 0 Å². The number of benzene rings is 2. The molecule has 132 valence electrons. The van der Waals surface area contributed by atoms with Crippen molar-refractivity contribution < 1.29 is 9.18 Å². The average Bonchev–Trinajstić information content (AvgIpc) is 3.35. The lowest BCUT2D eigenvalue weighted by molar-refractivity contribution is -0.120. The number of carbonyl (C=O) groups excluding carboxylic acids is 1. The third-order valence-corrected chi connectivity index (χ3v) is 5.33. The maximum absolute atomic E-state index is 14.2. The van der Waals surface area contributed by atoms with Crippen molar-refractivity contribution in [2.45, 2.75) is 29.3 Å². The molecule has 26 heavy (non-hydrogen) atoms. The molecule has 0 radical (unpaired) electrons. The van der Waals surface area contributed by atoms with Gasteiger partial charge in [0.2, 0.25) is 5.91 Å². The summed E-state index contributed by atoms with van der Waals surface area (Å²) in [4.78, 5) is 12.8. The van der Waals surface area contributed by atoms with E-state index in [0.29, 0.717) is 10.8 Å². The van der Waals surface area contributed by atoms with Gasteiger partial charge >= 0.3 is 0 Å². The van der Waals surface area contributed by atoms with E-state index in [1.54, 1.807) is 22.8 Å². The number of hydrogen-bond acceptors (Lipinski definition) is 4. The van der Waals surface area contributed by atoms with Crippen LogP contribution >= 0.6 is 11.8 Å². The first kappa shape index (κ1) is 16.8. The van der Waals surface area contributed by atoms with E-state index >= 15 is 0 Å². The van der Waals surface area contributed by atoms with Crippen molar-refractivity contribution >= 4 is 17.7 Å². The molecule has 1 atom stereocenters. The predicted octanol–water partition coefficient (Wildman–Crippen LogP) is 3.52. The highest BCUT2D eigenvalue weighted by Gasteiger charge is 2.30. The van der Waals surface area contributed by atoms with E-state index in [9.17, 15) is 9.18 Å². The number of aromatic nitrogens is 3. The van der Waals surface area contributed by atoms with Crippen LogP contribution in [0.1, 0.15) is 23.7 Å². The Morgan fingerprint density at radius 1 is 1.15 bits per heavy atom. The van der Waals surface area contributed by atoms with E-state index in [2.05, 4.69) is 15.5 Å². The number of carbonyl (C=O) groups is 1. The topological polar surface area (TPSA) is 59.8 Å². The minimum atomic E-state index is -0.480. The summed E-state index contributed by atoms with van der Waals surface area (Å²) in [5.74, 6) is -0.431. The molecule has 5 nitrogen and oxygen atoms in total. The Bertz CT molecular complexity index is 911. The first-order valence-electron chi connectivity index (χ1n) is 8.39. The highest BCUT2D eigenvalue weighted by atomic mass is 32.2. The van der Waals surface area contributed by atoms with Gasteiger partial charge in [-0.1, -0.05) is 54.2 Å². The molecule has 1 unspecified atom stereocenters. The molecule has 1 aliphatic carbocycles. The summed E-state index contributed by atoms with van der Waals surface area (Å²) in [7, 11) is 0. The largest absolute Gasteiger partial charge is 0.352 e. The van der Waals surface area contributed by atoms with Gasteiger partial charge in [0.1, 0.15) is 17.4 Å². The summed E-state index contributed by atoms with van der Waals surface area (Å²) in [5, 5.41) is 11.0. The summed E-state index contributed by atoms with van der Waals surface area (Å²) >= 11 is 1.27. The van der Waals surface area contributed by atoms with Gasteiger partial charge < -0.3 is 5.32 Å². The molecule has 0 bridgehead atoms. The van der Waals surface area contributed by atoms with Crippen molar-refractivity contribution in [2.75, 3.05) is 0 Å². The van der Waals surface area contributed by atoms with Gasteiger partial charge in [-0.2, -0.15) is 0 Å². The Labute approximate surface area is 154 Å². The lowest BCUT2D eigenvalue weighted by Crippen LogP contribution is -2.29. The summed E-state index contributed by atoms with van der Waals surface area (Å²) in [6, 6.07) is 16.2. The van der Waals surface area contributed by atoms with E-state index in [1.807, 2.05) is 30.3 Å². The molecule has 7 heteroatoms. The zero-order valence-corrected chi connectivity index (χ0v) is 14.7. The monoisotopic (exact) mass is 368 g/mol. The molecule has 0 spiro atoms. The molecule has 1 saturated carbocycles. The van der Waals surface area contributed by atoms with Crippen LogP contribution in [-0.2, 0) is 4.79 Å². The van der Waals surface area contributed by atoms with Gasteiger partial charge in [0.05, 0.1) is 5.69 Å². The van der Waals surface area contributed by atoms with Crippen LogP contribution in [0.25, 0.3) is 5.69 Å². The molecule has 1 aliphatic rings. The minimum Gasteiger partial charge on any atom is -0.352 e. The van der Waals surface area contributed by atoms with Crippen LogP contribution in [0.5, 0.6) is 0 Å². The Kier molecular flexibility index (Phi) is 4.71. The molecule has 1 aromatic heterocycles. The van der Waals surface area contributed by atoms with Crippen LogP contribution in [-0.4, -0.2) is 26.7 Å². The highest BCUT2D eigenvalue weighted by molar-refractivity contribution is 8.00. The van der Waals surface area contributed by atoms with E-state index < -0.39 is 5.25 Å². The fourth-order valence-electron chi connectivity index (χ4n) is 2.63. The maximum atomic E-state index is 14.2. The quantitative estimate of drug-likeness (QED) is 0.677. The SMILES string of the molecule is O=C(NC1CC1)C(Sc1nncn1-c1ccccc1F)c1ccccc1. The van der Waals surface area contributed by atoms with Crippen LogP contribution in [0.15, 0.2) is 66.1 Å². The van der Waals surface area contributed by atoms with Crippen LogP contribution < -0.4 is 5.32 Å². The predicted molar refractivity (Wildman–Crippen MR) is 97.5 cm³/mol. The summed E-state index contributed by atoms with van der Waals surface area (Å²) in [6.45, 7) is 0. The van der Waals surface area contributed by atoms with Crippen molar-refractivity contribution in [3.05, 3.63) is 72.3 Å². The van der Waals surface area contributed by atoms with Gasteiger partial charge in [-0.25, -0.2) is 4.39 Å². The molecule has 1 heterocycles. The van der Waals surface area contributed by atoms with Gasteiger partial charge in [-0.05, 0) is 30.5 Å².